The van der Waals surface area contributed by atoms with Gasteiger partial charge < -0.3 is 9.64 Å². The van der Waals surface area contributed by atoms with Crippen molar-refractivity contribution in [2.45, 2.75) is 6.92 Å². The third kappa shape index (κ3) is 2.26. The van der Waals surface area contributed by atoms with Gasteiger partial charge >= 0.3 is 0 Å². The highest BCUT2D eigenvalue weighted by Crippen LogP contribution is 2.33. The number of benzene rings is 2. The molecule has 0 aliphatic carbocycles. The van der Waals surface area contributed by atoms with Crippen molar-refractivity contribution in [3.05, 3.63) is 58.4 Å². The molecule has 1 amide bonds. The van der Waals surface area contributed by atoms with Gasteiger partial charge in [0, 0.05) is 24.2 Å². The first-order valence-electron chi connectivity index (χ1n) is 6.95. The molecule has 0 saturated carbocycles. The van der Waals surface area contributed by atoms with E-state index in [1.54, 1.807) is 25.1 Å². The maximum atomic E-state index is 13.5. The van der Waals surface area contributed by atoms with E-state index in [1.165, 1.54) is 18.2 Å². The number of methoxy groups -OCH3 is 1. The van der Waals surface area contributed by atoms with Crippen LogP contribution in [0, 0.1) is 12.7 Å². The number of aryl methyl sites for hydroxylation is 1. The topological polar surface area (TPSA) is 29.5 Å². The molecule has 0 radical (unpaired) electrons. The average Bonchev–Trinajstić information content (AvgIpc) is 2.50. The molecule has 0 unspecified atom stereocenters. The van der Waals surface area contributed by atoms with E-state index in [1.807, 2.05) is 25.1 Å². The number of ether oxygens (including phenoxy) is 1. The van der Waals surface area contributed by atoms with Crippen LogP contribution in [0.1, 0.15) is 27.0 Å². The Labute approximate surface area is 128 Å². The van der Waals surface area contributed by atoms with E-state index in [2.05, 4.69) is 0 Å². The summed E-state index contributed by atoms with van der Waals surface area (Å²) in [6, 6.07) is 7.94. The lowest BCUT2D eigenvalue weighted by atomic mass is 9.98. The predicted molar refractivity (Wildman–Crippen MR) is 85.8 cm³/mol. The lowest BCUT2D eigenvalue weighted by Gasteiger charge is -2.24. The number of amides is 1. The third-order valence-corrected chi connectivity index (χ3v) is 3.91. The van der Waals surface area contributed by atoms with Crippen LogP contribution in [0.5, 0.6) is 5.75 Å². The number of fused-ring (bicyclic) bond motifs is 2. The van der Waals surface area contributed by atoms with Crippen molar-refractivity contribution >= 4 is 23.7 Å². The smallest absolute Gasteiger partial charge is 0.258 e. The van der Waals surface area contributed by atoms with Gasteiger partial charge in [0.15, 0.2) is 0 Å². The second kappa shape index (κ2) is 5.30. The Balaban J connectivity index is 2.26. The summed E-state index contributed by atoms with van der Waals surface area (Å²) in [5.74, 6) is 0.170. The highest BCUT2D eigenvalue weighted by atomic mass is 19.1. The summed E-state index contributed by atoms with van der Waals surface area (Å²) in [5.41, 5.74) is 3.74. The summed E-state index contributed by atoms with van der Waals surface area (Å²) in [6.45, 7) is 1.96. The SMILES string of the molecule is COc1cc(C)c2c(c1)N(C)C(=O)c1ccc(F)cc1C=C2. The second-order valence-electron chi connectivity index (χ2n) is 5.31. The number of carbonyl (C=O) groups is 1. The molecule has 112 valence electrons. The molecule has 0 spiro atoms. The number of carbonyl (C=O) groups excluding carboxylic acids is 1. The van der Waals surface area contributed by atoms with Crippen molar-refractivity contribution in [2.75, 3.05) is 19.1 Å². The van der Waals surface area contributed by atoms with Crippen LogP contribution in [0.15, 0.2) is 30.3 Å². The van der Waals surface area contributed by atoms with Crippen molar-refractivity contribution in [1.82, 2.24) is 0 Å². The number of halogens is 1. The average molecular weight is 297 g/mol. The molecule has 2 aromatic rings. The maximum Gasteiger partial charge on any atom is 0.258 e. The molecule has 2 aromatic carbocycles. The fourth-order valence-electron chi connectivity index (χ4n) is 2.69. The normalized spacial score (nSPS) is 13.3. The Hall–Kier alpha value is -2.62. The lowest BCUT2D eigenvalue weighted by Crippen LogP contribution is -2.28. The molecule has 0 N–H and O–H groups in total. The Morgan fingerprint density at radius 2 is 1.91 bits per heavy atom. The molecule has 0 atom stereocenters. The van der Waals surface area contributed by atoms with Gasteiger partial charge in [-0.1, -0.05) is 12.2 Å². The monoisotopic (exact) mass is 297 g/mol. The van der Waals surface area contributed by atoms with E-state index in [0.29, 0.717) is 16.9 Å². The van der Waals surface area contributed by atoms with Gasteiger partial charge in [-0.2, -0.15) is 0 Å². The highest BCUT2D eigenvalue weighted by Gasteiger charge is 2.22. The van der Waals surface area contributed by atoms with Gasteiger partial charge in [0.05, 0.1) is 12.8 Å². The number of hydrogen-bond donors (Lipinski definition) is 0. The van der Waals surface area contributed by atoms with Crippen LogP contribution in [0.2, 0.25) is 0 Å². The Morgan fingerprint density at radius 3 is 2.64 bits per heavy atom. The van der Waals surface area contributed by atoms with Gasteiger partial charge in [0.2, 0.25) is 0 Å². The van der Waals surface area contributed by atoms with Crippen molar-refractivity contribution in [1.29, 1.82) is 0 Å². The summed E-state index contributed by atoms with van der Waals surface area (Å²) in [7, 11) is 3.31. The summed E-state index contributed by atoms with van der Waals surface area (Å²) in [4.78, 5) is 14.3. The molecule has 0 saturated heterocycles. The standard InChI is InChI=1S/C18H16FNO2/c1-11-8-14(22-3)10-17-15(11)6-4-12-9-13(19)5-7-16(12)18(21)20(17)2/h4-10H,1-3H3. The summed E-state index contributed by atoms with van der Waals surface area (Å²) in [6.07, 6.45) is 3.69. The summed E-state index contributed by atoms with van der Waals surface area (Å²) < 4.78 is 18.7. The predicted octanol–water partition coefficient (Wildman–Crippen LogP) is 3.90. The third-order valence-electron chi connectivity index (χ3n) is 3.91. The molecule has 0 bridgehead atoms. The zero-order valence-corrected chi connectivity index (χ0v) is 12.7. The van der Waals surface area contributed by atoms with E-state index >= 15 is 0 Å². The van der Waals surface area contributed by atoms with Crippen LogP contribution in [-0.4, -0.2) is 20.1 Å². The van der Waals surface area contributed by atoms with Crippen LogP contribution < -0.4 is 9.64 Å². The minimum atomic E-state index is -0.355. The fraction of sp³-hybridized carbons (Fsp3) is 0.167. The van der Waals surface area contributed by atoms with Crippen LogP contribution >= 0.6 is 0 Å². The molecule has 1 aliphatic heterocycles. The first kappa shape index (κ1) is 14.3. The number of nitrogens with zero attached hydrogens (tertiary/aromatic N) is 1. The van der Waals surface area contributed by atoms with Crippen molar-refractivity contribution < 1.29 is 13.9 Å². The molecule has 1 aliphatic rings. The molecular weight excluding hydrogens is 281 g/mol. The number of anilines is 1. The van der Waals surface area contributed by atoms with Crippen molar-refractivity contribution in [3.63, 3.8) is 0 Å². The summed E-state index contributed by atoms with van der Waals surface area (Å²) in [5, 5.41) is 0. The Morgan fingerprint density at radius 1 is 1.14 bits per heavy atom. The van der Waals surface area contributed by atoms with Gasteiger partial charge in [-0.05, 0) is 42.3 Å². The van der Waals surface area contributed by atoms with Crippen molar-refractivity contribution in [2.24, 2.45) is 0 Å². The maximum absolute atomic E-state index is 13.5. The molecular formula is C18H16FNO2. The second-order valence-corrected chi connectivity index (χ2v) is 5.31. The molecule has 3 rings (SSSR count). The number of hydrogen-bond acceptors (Lipinski definition) is 2. The fourth-order valence-corrected chi connectivity index (χ4v) is 2.69. The molecule has 3 nitrogen and oxygen atoms in total. The highest BCUT2D eigenvalue weighted by molar-refractivity contribution is 6.10. The van der Waals surface area contributed by atoms with E-state index in [9.17, 15) is 9.18 Å². The first-order valence-corrected chi connectivity index (χ1v) is 6.95. The molecule has 4 heteroatoms. The molecule has 1 heterocycles. The quantitative estimate of drug-likeness (QED) is 0.799. The molecule has 0 aromatic heterocycles. The zero-order valence-electron chi connectivity index (χ0n) is 12.7. The van der Waals surface area contributed by atoms with Gasteiger partial charge in [-0.3, -0.25) is 4.79 Å². The molecule has 22 heavy (non-hydrogen) atoms. The van der Waals surface area contributed by atoms with Crippen LogP contribution in [-0.2, 0) is 0 Å². The van der Waals surface area contributed by atoms with Gasteiger partial charge in [-0.25, -0.2) is 4.39 Å². The van der Waals surface area contributed by atoms with Crippen LogP contribution in [0.4, 0.5) is 10.1 Å². The van der Waals surface area contributed by atoms with Gasteiger partial charge in [-0.15, -0.1) is 0 Å². The van der Waals surface area contributed by atoms with Crippen LogP contribution in [0.25, 0.3) is 12.2 Å². The number of rotatable bonds is 1. The van der Waals surface area contributed by atoms with E-state index < -0.39 is 0 Å². The summed E-state index contributed by atoms with van der Waals surface area (Å²) >= 11 is 0. The van der Waals surface area contributed by atoms with Gasteiger partial charge in [0.25, 0.3) is 5.91 Å². The minimum Gasteiger partial charge on any atom is -0.497 e. The zero-order chi connectivity index (χ0) is 15.9. The van der Waals surface area contributed by atoms with E-state index in [-0.39, 0.29) is 11.7 Å². The van der Waals surface area contributed by atoms with E-state index in [0.717, 1.165) is 16.8 Å². The Kier molecular flexibility index (Phi) is 3.45. The largest absolute Gasteiger partial charge is 0.497 e. The molecule has 0 fully saturated rings. The van der Waals surface area contributed by atoms with Crippen LogP contribution in [0.3, 0.4) is 0 Å². The minimum absolute atomic E-state index is 0.173. The van der Waals surface area contributed by atoms with E-state index in [4.69, 9.17) is 4.74 Å². The Bertz CT molecular complexity index is 796. The van der Waals surface area contributed by atoms with Gasteiger partial charge in [0.1, 0.15) is 11.6 Å². The van der Waals surface area contributed by atoms with Crippen molar-refractivity contribution in [3.8, 4) is 5.75 Å². The first-order chi connectivity index (χ1) is 10.5. The lowest BCUT2D eigenvalue weighted by molar-refractivity contribution is 0.0992.